The second-order valence-corrected chi connectivity index (χ2v) is 7.81. The number of hydrogen-bond donors (Lipinski definition) is 0. The minimum Gasteiger partial charge on any atom is -0.496 e. The third-order valence-electron chi connectivity index (χ3n) is 3.74. The minimum atomic E-state index is 0.00341. The lowest BCUT2D eigenvalue weighted by molar-refractivity contribution is 0.257. The predicted molar refractivity (Wildman–Crippen MR) is 85.6 cm³/mol. The molecule has 21 heavy (non-hydrogen) atoms. The average Bonchev–Trinajstić information content (AvgIpc) is 3.17. The summed E-state index contributed by atoms with van der Waals surface area (Å²) in [6.07, 6.45) is 0.262. The highest BCUT2D eigenvalue weighted by Gasteiger charge is 2.28. The molecule has 0 aromatic heterocycles. The molecule has 118 valence electrons. The van der Waals surface area contributed by atoms with Crippen LogP contribution in [0.3, 0.4) is 0 Å². The summed E-state index contributed by atoms with van der Waals surface area (Å²) in [6.45, 7) is 14.6. The number of rotatable bonds is 4. The van der Waals surface area contributed by atoms with E-state index < -0.39 is 0 Å². The first-order valence-electron chi connectivity index (χ1n) is 7.60. The topological polar surface area (TPSA) is 31.0 Å². The van der Waals surface area contributed by atoms with Crippen molar-refractivity contribution in [2.24, 2.45) is 0 Å². The zero-order valence-corrected chi connectivity index (χ0v) is 14.4. The summed E-state index contributed by atoms with van der Waals surface area (Å²) in [5, 5.41) is 0. The zero-order valence-electron chi connectivity index (χ0n) is 14.4. The van der Waals surface area contributed by atoms with Gasteiger partial charge in [-0.15, -0.1) is 0 Å². The molecule has 1 aromatic rings. The van der Waals surface area contributed by atoms with Gasteiger partial charge in [-0.1, -0.05) is 41.5 Å². The van der Waals surface area contributed by atoms with Crippen LogP contribution in [-0.4, -0.2) is 26.4 Å². The molecule has 3 nitrogen and oxygen atoms in total. The fourth-order valence-corrected chi connectivity index (χ4v) is 2.37. The van der Waals surface area contributed by atoms with Crippen molar-refractivity contribution in [1.29, 1.82) is 0 Å². The third kappa shape index (κ3) is 3.91. The maximum atomic E-state index is 6.04. The Morgan fingerprint density at radius 2 is 1.48 bits per heavy atom. The third-order valence-corrected chi connectivity index (χ3v) is 3.74. The summed E-state index contributed by atoms with van der Waals surface area (Å²) in [5.41, 5.74) is 2.36. The van der Waals surface area contributed by atoms with Crippen molar-refractivity contribution in [3.63, 3.8) is 0 Å². The van der Waals surface area contributed by atoms with Gasteiger partial charge in [0.15, 0.2) is 0 Å². The Labute approximate surface area is 128 Å². The molecule has 1 aliphatic rings. The minimum absolute atomic E-state index is 0.00341. The maximum absolute atomic E-state index is 6.04. The summed E-state index contributed by atoms with van der Waals surface area (Å²) in [6, 6.07) is 4.27. The predicted octanol–water partition coefficient (Wildman–Crippen LogP) is 4.07. The number of benzene rings is 1. The molecule has 0 spiro atoms. The van der Waals surface area contributed by atoms with E-state index in [0.29, 0.717) is 6.61 Å². The van der Waals surface area contributed by atoms with Crippen molar-refractivity contribution >= 4 is 0 Å². The SMILES string of the molecule is COc1cc(C(C)(C)C)c(OCC2CO2)cc1C(C)(C)C. The van der Waals surface area contributed by atoms with Crippen LogP contribution in [0.4, 0.5) is 0 Å². The highest BCUT2D eigenvalue weighted by Crippen LogP contribution is 2.41. The standard InChI is InChI=1S/C18H28O3/c1-17(2,3)13-9-16(21-11-12-10-20-12)14(18(4,5)6)8-15(13)19-7/h8-9,12H,10-11H2,1-7H3. The highest BCUT2D eigenvalue weighted by molar-refractivity contribution is 5.51. The van der Waals surface area contributed by atoms with Crippen molar-refractivity contribution in [3.05, 3.63) is 23.3 Å². The molecule has 0 bridgehead atoms. The largest absolute Gasteiger partial charge is 0.496 e. The van der Waals surface area contributed by atoms with Gasteiger partial charge in [-0.05, 0) is 23.0 Å². The summed E-state index contributed by atoms with van der Waals surface area (Å²) < 4.78 is 16.9. The number of epoxide rings is 1. The smallest absolute Gasteiger partial charge is 0.123 e. The molecule has 1 atom stereocenters. The van der Waals surface area contributed by atoms with E-state index in [9.17, 15) is 0 Å². The molecule has 1 saturated heterocycles. The fourth-order valence-electron chi connectivity index (χ4n) is 2.37. The van der Waals surface area contributed by atoms with Crippen LogP contribution in [0, 0.1) is 0 Å². The quantitative estimate of drug-likeness (QED) is 0.784. The summed E-state index contributed by atoms with van der Waals surface area (Å²) >= 11 is 0. The Balaban J connectivity index is 2.46. The molecule has 2 rings (SSSR count). The van der Waals surface area contributed by atoms with Crippen LogP contribution in [0.5, 0.6) is 11.5 Å². The van der Waals surface area contributed by atoms with Gasteiger partial charge in [-0.3, -0.25) is 0 Å². The second kappa shape index (κ2) is 5.53. The Kier molecular flexibility index (Phi) is 4.25. The van der Waals surface area contributed by atoms with Gasteiger partial charge in [-0.25, -0.2) is 0 Å². The Bertz CT molecular complexity index is 502. The van der Waals surface area contributed by atoms with Crippen LogP contribution >= 0.6 is 0 Å². The second-order valence-electron chi connectivity index (χ2n) is 7.81. The van der Waals surface area contributed by atoms with Gasteiger partial charge in [0.25, 0.3) is 0 Å². The molecular formula is C18H28O3. The van der Waals surface area contributed by atoms with Gasteiger partial charge in [0, 0.05) is 11.1 Å². The van der Waals surface area contributed by atoms with Crippen molar-refractivity contribution < 1.29 is 14.2 Å². The fraction of sp³-hybridized carbons (Fsp3) is 0.667. The van der Waals surface area contributed by atoms with Gasteiger partial charge in [0.05, 0.1) is 13.7 Å². The molecule has 0 radical (unpaired) electrons. The number of hydrogen-bond acceptors (Lipinski definition) is 3. The van der Waals surface area contributed by atoms with Crippen LogP contribution < -0.4 is 9.47 Å². The molecule has 1 fully saturated rings. The Morgan fingerprint density at radius 3 is 1.90 bits per heavy atom. The molecule has 0 N–H and O–H groups in total. The first kappa shape index (κ1) is 16.2. The average molecular weight is 292 g/mol. The van der Waals surface area contributed by atoms with Gasteiger partial charge >= 0.3 is 0 Å². The van der Waals surface area contributed by atoms with E-state index in [2.05, 4.69) is 53.7 Å². The lowest BCUT2D eigenvalue weighted by Crippen LogP contribution is -2.19. The van der Waals surface area contributed by atoms with Crippen LogP contribution in [0.2, 0.25) is 0 Å². The lowest BCUT2D eigenvalue weighted by Gasteiger charge is -2.28. The normalized spacial score (nSPS) is 18.5. The summed E-state index contributed by atoms with van der Waals surface area (Å²) in [5.74, 6) is 1.88. The molecule has 0 saturated carbocycles. The van der Waals surface area contributed by atoms with Crippen molar-refractivity contribution in [2.75, 3.05) is 20.3 Å². The van der Waals surface area contributed by atoms with E-state index in [1.165, 1.54) is 11.1 Å². The highest BCUT2D eigenvalue weighted by atomic mass is 16.6. The Hall–Kier alpha value is -1.22. The molecule has 3 heteroatoms. The number of methoxy groups -OCH3 is 1. The van der Waals surface area contributed by atoms with Crippen molar-refractivity contribution in [1.82, 2.24) is 0 Å². The monoisotopic (exact) mass is 292 g/mol. The van der Waals surface area contributed by atoms with Crippen LogP contribution in [-0.2, 0) is 15.6 Å². The van der Waals surface area contributed by atoms with E-state index in [-0.39, 0.29) is 16.9 Å². The molecule has 1 unspecified atom stereocenters. The van der Waals surface area contributed by atoms with Crippen LogP contribution in [0.1, 0.15) is 52.7 Å². The molecule has 0 amide bonds. The van der Waals surface area contributed by atoms with E-state index in [1.807, 2.05) is 0 Å². The van der Waals surface area contributed by atoms with Crippen molar-refractivity contribution in [2.45, 2.75) is 58.5 Å². The molecule has 1 heterocycles. The summed E-state index contributed by atoms with van der Waals surface area (Å²) in [4.78, 5) is 0. The van der Waals surface area contributed by atoms with Crippen molar-refractivity contribution in [3.8, 4) is 11.5 Å². The van der Waals surface area contributed by atoms with Crippen LogP contribution in [0.15, 0.2) is 12.1 Å². The number of ether oxygens (including phenoxy) is 3. The van der Waals surface area contributed by atoms with E-state index in [0.717, 1.165) is 18.1 Å². The molecule has 0 aliphatic carbocycles. The van der Waals surface area contributed by atoms with E-state index >= 15 is 0 Å². The molecular weight excluding hydrogens is 264 g/mol. The first-order valence-corrected chi connectivity index (χ1v) is 7.60. The molecule has 1 aliphatic heterocycles. The first-order chi connectivity index (χ1) is 9.63. The Morgan fingerprint density at radius 1 is 1.00 bits per heavy atom. The molecule has 1 aromatic carbocycles. The van der Waals surface area contributed by atoms with E-state index in [4.69, 9.17) is 14.2 Å². The van der Waals surface area contributed by atoms with Gasteiger partial charge < -0.3 is 14.2 Å². The zero-order chi connectivity index (χ0) is 15.8. The summed E-state index contributed by atoms with van der Waals surface area (Å²) in [7, 11) is 1.73. The van der Waals surface area contributed by atoms with Gasteiger partial charge in [-0.2, -0.15) is 0 Å². The van der Waals surface area contributed by atoms with Crippen LogP contribution in [0.25, 0.3) is 0 Å². The lowest BCUT2D eigenvalue weighted by atomic mass is 9.81. The van der Waals surface area contributed by atoms with E-state index in [1.54, 1.807) is 7.11 Å². The van der Waals surface area contributed by atoms with Gasteiger partial charge in [0.2, 0.25) is 0 Å². The van der Waals surface area contributed by atoms with Gasteiger partial charge in [0.1, 0.15) is 24.2 Å². The maximum Gasteiger partial charge on any atom is 0.123 e.